The van der Waals surface area contributed by atoms with Gasteiger partial charge in [-0.15, -0.1) is 12.3 Å². The number of ether oxygens (including phenoxy) is 2. The average molecular weight is 309 g/mol. The van der Waals surface area contributed by atoms with E-state index in [0.717, 1.165) is 0 Å². The Morgan fingerprint density at radius 1 is 1.64 bits per heavy atom. The zero-order valence-corrected chi connectivity index (χ0v) is 12.2. The number of hydrogen-bond acceptors (Lipinski definition) is 7. The van der Waals surface area contributed by atoms with E-state index in [1.807, 2.05) is 0 Å². The van der Waals surface area contributed by atoms with Crippen LogP contribution in [0.3, 0.4) is 0 Å². The van der Waals surface area contributed by atoms with Gasteiger partial charge in [-0.1, -0.05) is 0 Å². The normalized spacial score (nSPS) is 27.7. The van der Waals surface area contributed by atoms with Gasteiger partial charge in [-0.2, -0.15) is 4.98 Å². The fraction of sp³-hybridized carbons (Fsp3) is 0.571. The van der Waals surface area contributed by atoms with E-state index in [0.29, 0.717) is 12.0 Å². The van der Waals surface area contributed by atoms with Gasteiger partial charge in [-0.25, -0.2) is 4.79 Å². The monoisotopic (exact) mass is 309 g/mol. The fourth-order valence-corrected chi connectivity index (χ4v) is 2.29. The molecule has 4 N–H and O–H groups in total. The molecule has 0 spiro atoms. The Balaban J connectivity index is 2.32. The highest BCUT2D eigenvalue weighted by atomic mass is 16.6. The number of aromatic nitrogens is 2. The highest BCUT2D eigenvalue weighted by molar-refractivity contribution is 5.35. The summed E-state index contributed by atoms with van der Waals surface area (Å²) in [6.45, 7) is 1.50. The first-order chi connectivity index (χ1) is 10.5. The largest absolute Gasteiger partial charge is 0.394 e. The van der Waals surface area contributed by atoms with E-state index in [4.69, 9.17) is 21.6 Å². The molecule has 0 bridgehead atoms. The summed E-state index contributed by atoms with van der Waals surface area (Å²) in [5.41, 5.74) is 5.56. The van der Waals surface area contributed by atoms with Crippen LogP contribution in [-0.4, -0.2) is 51.3 Å². The molecule has 120 valence electrons. The van der Waals surface area contributed by atoms with E-state index in [2.05, 4.69) is 10.9 Å². The van der Waals surface area contributed by atoms with E-state index in [1.54, 1.807) is 6.92 Å². The van der Waals surface area contributed by atoms with Gasteiger partial charge in [0.25, 0.3) is 0 Å². The first kappa shape index (κ1) is 16.5. The minimum Gasteiger partial charge on any atom is -0.394 e. The maximum atomic E-state index is 12.0. The lowest BCUT2D eigenvalue weighted by Crippen LogP contribution is -2.38. The summed E-state index contributed by atoms with van der Waals surface area (Å²) in [6, 6.07) is 0. The van der Waals surface area contributed by atoms with Crippen LogP contribution in [0.15, 0.2) is 11.0 Å². The standard InChI is InChI=1S/C14H19N3O5/c1-3-4-5-21-11-10(19)9(7-18)22-13(11)17-6-8(2)12(15)16-14(17)20/h1,6,9-11,13,18-19H,4-5,7H2,2H3,(H2,15,16,20)/t9-,10?,11?,13-/m1/s1. The highest BCUT2D eigenvalue weighted by Crippen LogP contribution is 2.31. The third-order valence-corrected chi connectivity index (χ3v) is 3.50. The lowest BCUT2D eigenvalue weighted by Gasteiger charge is -2.22. The number of nitrogen functional groups attached to an aromatic ring is 1. The van der Waals surface area contributed by atoms with Gasteiger partial charge in [0.05, 0.1) is 13.2 Å². The number of terminal acetylenes is 1. The van der Waals surface area contributed by atoms with Crippen LogP contribution in [0.1, 0.15) is 18.2 Å². The Morgan fingerprint density at radius 2 is 2.36 bits per heavy atom. The zero-order chi connectivity index (χ0) is 16.3. The van der Waals surface area contributed by atoms with Gasteiger partial charge in [0, 0.05) is 18.2 Å². The SMILES string of the molecule is C#CCCOC1C(O)[C@@H](CO)O[C@H]1n1cc(C)c(N)nc1=O. The zero-order valence-electron chi connectivity index (χ0n) is 12.2. The van der Waals surface area contributed by atoms with E-state index in [1.165, 1.54) is 10.8 Å². The van der Waals surface area contributed by atoms with E-state index in [-0.39, 0.29) is 12.4 Å². The predicted molar refractivity (Wildman–Crippen MR) is 77.8 cm³/mol. The van der Waals surface area contributed by atoms with Crippen LogP contribution in [0.5, 0.6) is 0 Å². The van der Waals surface area contributed by atoms with Crippen molar-refractivity contribution in [2.75, 3.05) is 18.9 Å². The minimum atomic E-state index is -1.09. The summed E-state index contributed by atoms with van der Waals surface area (Å²) in [6.07, 6.45) is 3.31. The van der Waals surface area contributed by atoms with Crippen LogP contribution in [0.4, 0.5) is 5.82 Å². The number of aliphatic hydroxyl groups is 2. The smallest absolute Gasteiger partial charge is 0.351 e. The van der Waals surface area contributed by atoms with Crippen molar-refractivity contribution in [2.24, 2.45) is 0 Å². The second-order valence-electron chi connectivity index (χ2n) is 5.03. The molecule has 2 unspecified atom stereocenters. The number of anilines is 1. The Labute approximate surface area is 127 Å². The first-order valence-electron chi connectivity index (χ1n) is 6.84. The molecule has 0 aliphatic carbocycles. The molecule has 2 rings (SSSR count). The minimum absolute atomic E-state index is 0.128. The van der Waals surface area contributed by atoms with Crippen LogP contribution in [0.25, 0.3) is 0 Å². The number of rotatable bonds is 5. The molecule has 1 aliphatic rings. The summed E-state index contributed by atoms with van der Waals surface area (Å²) in [5, 5.41) is 19.4. The van der Waals surface area contributed by atoms with Crippen molar-refractivity contribution in [3.63, 3.8) is 0 Å². The average Bonchev–Trinajstić information content (AvgIpc) is 2.80. The number of hydrogen-bond donors (Lipinski definition) is 3. The first-order valence-corrected chi connectivity index (χ1v) is 6.84. The van der Waals surface area contributed by atoms with E-state index in [9.17, 15) is 15.0 Å². The molecular weight excluding hydrogens is 290 g/mol. The van der Waals surface area contributed by atoms with Crippen LogP contribution >= 0.6 is 0 Å². The second-order valence-corrected chi connectivity index (χ2v) is 5.03. The highest BCUT2D eigenvalue weighted by Gasteiger charge is 2.45. The lowest BCUT2D eigenvalue weighted by atomic mass is 10.1. The second kappa shape index (κ2) is 6.89. The molecule has 0 aromatic carbocycles. The van der Waals surface area contributed by atoms with Gasteiger partial charge in [0.15, 0.2) is 6.23 Å². The molecule has 22 heavy (non-hydrogen) atoms. The third kappa shape index (κ3) is 3.13. The Morgan fingerprint density at radius 3 is 3.00 bits per heavy atom. The summed E-state index contributed by atoms with van der Waals surface area (Å²) in [4.78, 5) is 15.7. The van der Waals surface area contributed by atoms with E-state index >= 15 is 0 Å². The quantitative estimate of drug-likeness (QED) is 0.461. The molecule has 2 heterocycles. The van der Waals surface area contributed by atoms with Gasteiger partial charge in [-0.3, -0.25) is 4.57 Å². The van der Waals surface area contributed by atoms with Crippen LogP contribution < -0.4 is 11.4 Å². The number of aryl methyl sites for hydroxylation is 1. The van der Waals surface area contributed by atoms with Crippen molar-refractivity contribution in [1.29, 1.82) is 0 Å². The number of nitrogens with two attached hydrogens (primary N) is 1. The van der Waals surface area contributed by atoms with Crippen molar-refractivity contribution < 1.29 is 19.7 Å². The summed E-state index contributed by atoms with van der Waals surface area (Å²) in [5.74, 6) is 2.55. The molecule has 0 amide bonds. The van der Waals surface area contributed by atoms with Crippen molar-refractivity contribution in [3.8, 4) is 12.3 Å². The Kier molecular flexibility index (Phi) is 5.15. The van der Waals surface area contributed by atoms with Gasteiger partial charge in [-0.05, 0) is 6.92 Å². The number of aliphatic hydroxyl groups excluding tert-OH is 2. The summed E-state index contributed by atoms with van der Waals surface area (Å²) in [7, 11) is 0. The topological polar surface area (TPSA) is 120 Å². The predicted octanol–water partition coefficient (Wildman–Crippen LogP) is -1.21. The maximum absolute atomic E-state index is 12.0. The van der Waals surface area contributed by atoms with Gasteiger partial charge >= 0.3 is 5.69 Å². The summed E-state index contributed by atoms with van der Waals surface area (Å²) < 4.78 is 12.3. The fourth-order valence-electron chi connectivity index (χ4n) is 2.29. The molecular formula is C14H19N3O5. The molecule has 4 atom stereocenters. The number of nitrogens with zero attached hydrogens (tertiary/aromatic N) is 2. The molecule has 0 saturated carbocycles. The molecule has 1 aromatic heterocycles. The lowest BCUT2D eigenvalue weighted by molar-refractivity contribution is -0.0732. The van der Waals surface area contributed by atoms with Gasteiger partial charge < -0.3 is 25.4 Å². The van der Waals surface area contributed by atoms with Crippen LogP contribution in [0, 0.1) is 19.3 Å². The van der Waals surface area contributed by atoms with Crippen molar-refractivity contribution in [1.82, 2.24) is 9.55 Å². The van der Waals surface area contributed by atoms with Crippen molar-refractivity contribution in [3.05, 3.63) is 22.2 Å². The van der Waals surface area contributed by atoms with E-state index < -0.39 is 36.8 Å². The van der Waals surface area contributed by atoms with Gasteiger partial charge in [0.2, 0.25) is 0 Å². The molecule has 1 fully saturated rings. The molecule has 1 aliphatic heterocycles. The third-order valence-electron chi connectivity index (χ3n) is 3.50. The maximum Gasteiger partial charge on any atom is 0.351 e. The van der Waals surface area contributed by atoms with Crippen LogP contribution in [0.2, 0.25) is 0 Å². The molecule has 1 aromatic rings. The van der Waals surface area contributed by atoms with Gasteiger partial charge in [0.1, 0.15) is 24.1 Å². The molecule has 8 nitrogen and oxygen atoms in total. The Hall–Kier alpha value is -1.92. The summed E-state index contributed by atoms with van der Waals surface area (Å²) >= 11 is 0. The van der Waals surface area contributed by atoms with Crippen LogP contribution in [-0.2, 0) is 9.47 Å². The Bertz CT molecular complexity index is 624. The molecule has 0 radical (unpaired) electrons. The molecule has 1 saturated heterocycles. The van der Waals surface area contributed by atoms with Crippen molar-refractivity contribution >= 4 is 5.82 Å². The van der Waals surface area contributed by atoms with Crippen molar-refractivity contribution in [2.45, 2.75) is 37.9 Å². The molecule has 8 heteroatoms.